The predicted octanol–water partition coefficient (Wildman–Crippen LogP) is 6.84. The molecule has 1 aromatic heterocycles. The van der Waals surface area contributed by atoms with Gasteiger partial charge in [-0.25, -0.2) is 0 Å². The summed E-state index contributed by atoms with van der Waals surface area (Å²) in [5.74, 6) is 0.375. The summed E-state index contributed by atoms with van der Waals surface area (Å²) in [5, 5.41) is 5.27. The van der Waals surface area contributed by atoms with Crippen LogP contribution >= 0.6 is 11.3 Å². The average molecular weight is 528 g/mol. The van der Waals surface area contributed by atoms with Crippen LogP contribution in [0.2, 0.25) is 0 Å². The van der Waals surface area contributed by atoms with E-state index in [1.807, 2.05) is 52.7 Å². The van der Waals surface area contributed by atoms with E-state index in [0.29, 0.717) is 5.56 Å². The molecule has 1 aliphatic carbocycles. The second-order valence-electron chi connectivity index (χ2n) is 11.3. The van der Waals surface area contributed by atoms with Gasteiger partial charge in [-0.1, -0.05) is 56.2 Å². The van der Waals surface area contributed by atoms with E-state index in [2.05, 4.69) is 35.3 Å². The summed E-state index contributed by atoms with van der Waals surface area (Å²) in [4.78, 5) is 33.6. The molecular weight excluding hydrogens is 490 g/mol. The molecule has 2 aromatic carbocycles. The highest BCUT2D eigenvalue weighted by Crippen LogP contribution is 2.47. The average Bonchev–Trinajstić information content (AvgIpc) is 3.66. The molecule has 2 unspecified atom stereocenters. The third-order valence-corrected chi connectivity index (χ3v) is 9.66. The molecule has 2 aliphatic heterocycles. The minimum Gasteiger partial charge on any atom is -0.327 e. The van der Waals surface area contributed by atoms with Crippen LogP contribution < -0.4 is 5.32 Å². The quantitative estimate of drug-likeness (QED) is 0.382. The summed E-state index contributed by atoms with van der Waals surface area (Å²) in [6, 6.07) is 20.0. The molecular formula is C32H37N3O2S. The number of carbonyl (C=O) groups is 2. The maximum Gasteiger partial charge on any atom is 0.254 e. The van der Waals surface area contributed by atoms with Crippen molar-refractivity contribution in [2.45, 2.75) is 70.0 Å². The summed E-state index contributed by atoms with van der Waals surface area (Å²) in [7, 11) is 0. The van der Waals surface area contributed by atoms with Crippen molar-refractivity contribution < 1.29 is 9.59 Å². The van der Waals surface area contributed by atoms with Crippen molar-refractivity contribution >= 4 is 28.8 Å². The highest BCUT2D eigenvalue weighted by molar-refractivity contribution is 7.10. The normalized spacial score (nSPS) is 23.0. The Morgan fingerprint density at radius 1 is 0.947 bits per heavy atom. The first-order valence-corrected chi connectivity index (χ1v) is 15.0. The van der Waals surface area contributed by atoms with Crippen molar-refractivity contribution in [3.63, 3.8) is 0 Å². The van der Waals surface area contributed by atoms with Gasteiger partial charge in [0.25, 0.3) is 5.91 Å². The van der Waals surface area contributed by atoms with Crippen molar-refractivity contribution in [3.8, 4) is 0 Å². The number of rotatable bonds is 6. The lowest BCUT2D eigenvalue weighted by molar-refractivity contribution is -0.119. The van der Waals surface area contributed by atoms with Crippen molar-refractivity contribution in [2.24, 2.45) is 5.92 Å². The van der Waals surface area contributed by atoms with Gasteiger partial charge >= 0.3 is 0 Å². The number of piperidine rings is 1. The predicted molar refractivity (Wildman–Crippen MR) is 153 cm³/mol. The van der Waals surface area contributed by atoms with E-state index in [-0.39, 0.29) is 23.9 Å². The molecule has 1 saturated heterocycles. The summed E-state index contributed by atoms with van der Waals surface area (Å²) in [6.45, 7) is 5.60. The van der Waals surface area contributed by atoms with Crippen LogP contribution in [-0.2, 0) is 11.3 Å². The second kappa shape index (κ2) is 11.0. The molecule has 0 radical (unpaired) electrons. The minimum atomic E-state index is -0.460. The lowest BCUT2D eigenvalue weighted by Crippen LogP contribution is -2.49. The van der Waals surface area contributed by atoms with Gasteiger partial charge in [0.05, 0.1) is 12.0 Å². The van der Waals surface area contributed by atoms with Gasteiger partial charge in [-0.05, 0) is 85.5 Å². The first-order valence-electron chi connectivity index (χ1n) is 14.2. The largest absolute Gasteiger partial charge is 0.327 e. The van der Waals surface area contributed by atoms with Crippen molar-refractivity contribution in [1.29, 1.82) is 0 Å². The van der Waals surface area contributed by atoms with Gasteiger partial charge in [0.2, 0.25) is 5.91 Å². The van der Waals surface area contributed by atoms with E-state index < -0.39 is 5.92 Å². The third-order valence-electron chi connectivity index (χ3n) is 8.72. The smallest absolute Gasteiger partial charge is 0.254 e. The number of amides is 2. The van der Waals surface area contributed by atoms with Crippen LogP contribution in [0.4, 0.5) is 5.69 Å². The lowest BCUT2D eigenvalue weighted by atomic mass is 9.80. The number of benzene rings is 2. The molecule has 2 atom stereocenters. The van der Waals surface area contributed by atoms with Crippen molar-refractivity contribution in [3.05, 3.63) is 87.6 Å². The van der Waals surface area contributed by atoms with E-state index >= 15 is 0 Å². The van der Waals surface area contributed by atoms with E-state index in [0.717, 1.165) is 67.4 Å². The number of hydrogen-bond donors (Lipinski definition) is 1. The summed E-state index contributed by atoms with van der Waals surface area (Å²) in [6.07, 6.45) is 6.80. The molecule has 3 heterocycles. The molecule has 1 N–H and O–H groups in total. The molecule has 6 heteroatoms. The fourth-order valence-corrected chi connectivity index (χ4v) is 7.43. The standard InChI is InChI=1S/C32H37N3O2S/c1-22-16-18-34(19-17-22)21-23-12-14-24(15-13-23)33-31(36)29-26-9-4-5-10-27(26)32(37)35(25-7-2-3-8-25)30(29)28-11-6-20-38-28/h4-6,9-15,20,22,25,29-30H,2-3,7-8,16-19,21H2,1H3,(H,33,36). The van der Waals surface area contributed by atoms with Crippen LogP contribution in [0.5, 0.6) is 0 Å². The highest BCUT2D eigenvalue weighted by Gasteiger charge is 2.47. The topological polar surface area (TPSA) is 52.7 Å². The number of nitrogens with zero attached hydrogens (tertiary/aromatic N) is 2. The lowest BCUT2D eigenvalue weighted by Gasteiger charge is -2.44. The summed E-state index contributed by atoms with van der Waals surface area (Å²) in [5.41, 5.74) is 3.57. The van der Waals surface area contributed by atoms with Gasteiger partial charge in [-0.3, -0.25) is 14.5 Å². The number of fused-ring (bicyclic) bond motifs is 1. The summed E-state index contributed by atoms with van der Waals surface area (Å²) >= 11 is 1.64. The van der Waals surface area contributed by atoms with Gasteiger partial charge in [-0.15, -0.1) is 11.3 Å². The maximum absolute atomic E-state index is 14.1. The van der Waals surface area contributed by atoms with Gasteiger partial charge in [-0.2, -0.15) is 0 Å². The fraction of sp³-hybridized carbons (Fsp3) is 0.438. The molecule has 0 bridgehead atoms. The van der Waals surface area contributed by atoms with E-state index in [4.69, 9.17) is 0 Å². The number of thiophene rings is 1. The van der Waals surface area contributed by atoms with Gasteiger partial charge in [0.15, 0.2) is 0 Å². The Bertz CT molecular complexity index is 1260. The molecule has 1 saturated carbocycles. The van der Waals surface area contributed by atoms with Crippen molar-refractivity contribution in [2.75, 3.05) is 18.4 Å². The number of carbonyl (C=O) groups excluding carboxylic acids is 2. The van der Waals surface area contributed by atoms with Crippen LogP contribution in [0.1, 0.15) is 83.8 Å². The Balaban J connectivity index is 1.27. The molecule has 0 spiro atoms. The molecule has 2 amide bonds. The van der Waals surface area contributed by atoms with Crippen molar-refractivity contribution in [1.82, 2.24) is 9.80 Å². The Morgan fingerprint density at radius 3 is 2.39 bits per heavy atom. The minimum absolute atomic E-state index is 0.0517. The molecule has 5 nitrogen and oxygen atoms in total. The van der Waals surface area contributed by atoms with Gasteiger partial charge in [0, 0.05) is 28.7 Å². The van der Waals surface area contributed by atoms with E-state index in [9.17, 15) is 9.59 Å². The van der Waals surface area contributed by atoms with Crippen LogP contribution in [0.3, 0.4) is 0 Å². The van der Waals surface area contributed by atoms with Gasteiger partial charge in [0.1, 0.15) is 0 Å². The molecule has 2 fully saturated rings. The third kappa shape index (κ3) is 5.04. The Kier molecular flexibility index (Phi) is 7.35. The Hall–Kier alpha value is -2.96. The zero-order valence-corrected chi connectivity index (χ0v) is 23.0. The number of anilines is 1. The molecule has 3 aromatic rings. The maximum atomic E-state index is 14.1. The van der Waals surface area contributed by atoms with Crippen LogP contribution in [0, 0.1) is 5.92 Å². The van der Waals surface area contributed by atoms with Gasteiger partial charge < -0.3 is 10.2 Å². The number of nitrogens with one attached hydrogen (secondary N) is 1. The van der Waals surface area contributed by atoms with Crippen LogP contribution in [-0.4, -0.2) is 40.7 Å². The molecule has 38 heavy (non-hydrogen) atoms. The van der Waals surface area contributed by atoms with Crippen LogP contribution in [0.15, 0.2) is 66.0 Å². The molecule has 3 aliphatic rings. The Labute approximate surface area is 229 Å². The Morgan fingerprint density at radius 2 is 1.68 bits per heavy atom. The number of hydrogen-bond acceptors (Lipinski definition) is 4. The molecule has 6 rings (SSSR count). The first kappa shape index (κ1) is 25.3. The van der Waals surface area contributed by atoms with E-state index in [1.54, 1.807) is 11.3 Å². The second-order valence-corrected chi connectivity index (χ2v) is 12.3. The first-order chi connectivity index (χ1) is 18.6. The van der Waals surface area contributed by atoms with Crippen LogP contribution in [0.25, 0.3) is 0 Å². The van der Waals surface area contributed by atoms with E-state index in [1.165, 1.54) is 18.4 Å². The molecule has 198 valence electrons. The zero-order valence-electron chi connectivity index (χ0n) is 22.1. The highest BCUT2D eigenvalue weighted by atomic mass is 32.1. The zero-order chi connectivity index (χ0) is 26.1. The number of likely N-dealkylation sites (tertiary alicyclic amines) is 1. The fourth-order valence-electron chi connectivity index (χ4n) is 6.57. The summed E-state index contributed by atoms with van der Waals surface area (Å²) < 4.78 is 0. The SMILES string of the molecule is CC1CCN(Cc2ccc(NC(=O)C3c4ccccc4C(=O)N(C4CCCC4)C3c3cccs3)cc2)CC1. The monoisotopic (exact) mass is 527 g/mol.